The number of carbonyl (C=O) groups is 1. The van der Waals surface area contributed by atoms with Gasteiger partial charge in [-0.1, -0.05) is 5.59 Å². The standard InChI is InChI=1S/C16H23F3N4O3/c1-15(2,3)21(4)23(25)20-26-13-9-10-22(14(13)24)12-7-5-11(6-8-12)16(17,18)19/h5-8,13,20,25H,9-10H2,1-4H3/t13-/m1/s1. The van der Waals surface area contributed by atoms with Crippen molar-refractivity contribution in [2.45, 2.75) is 45.0 Å². The summed E-state index contributed by atoms with van der Waals surface area (Å²) in [4.78, 5) is 19.0. The minimum absolute atomic E-state index is 0.303. The fourth-order valence-corrected chi connectivity index (χ4v) is 2.31. The molecular formula is C16H23F3N4O3. The quantitative estimate of drug-likeness (QED) is 0.770. The predicted octanol–water partition coefficient (Wildman–Crippen LogP) is 2.58. The minimum Gasteiger partial charge on any atom is -0.310 e. The number of nitrogens with one attached hydrogen (secondary N) is 1. The van der Waals surface area contributed by atoms with Gasteiger partial charge in [0.05, 0.1) is 5.56 Å². The van der Waals surface area contributed by atoms with E-state index in [1.54, 1.807) is 7.05 Å². The van der Waals surface area contributed by atoms with Crippen molar-refractivity contribution in [2.24, 2.45) is 0 Å². The number of rotatable bonds is 5. The molecule has 26 heavy (non-hydrogen) atoms. The molecule has 0 spiro atoms. The molecule has 1 aliphatic heterocycles. The lowest BCUT2D eigenvalue weighted by Crippen LogP contribution is -2.55. The highest BCUT2D eigenvalue weighted by Crippen LogP contribution is 2.31. The second-order valence-electron chi connectivity index (χ2n) is 7.00. The molecule has 2 rings (SSSR count). The first kappa shape index (κ1) is 20.6. The van der Waals surface area contributed by atoms with Crippen LogP contribution in [0.5, 0.6) is 0 Å². The summed E-state index contributed by atoms with van der Waals surface area (Å²) in [5, 5.41) is 12.0. The molecular weight excluding hydrogens is 353 g/mol. The van der Waals surface area contributed by atoms with Crippen LogP contribution in [0, 0.1) is 0 Å². The molecule has 0 saturated carbocycles. The lowest BCUT2D eigenvalue weighted by atomic mass is 10.1. The summed E-state index contributed by atoms with van der Waals surface area (Å²) in [6, 6.07) is 4.37. The predicted molar refractivity (Wildman–Crippen MR) is 87.6 cm³/mol. The number of hydrogen-bond donors (Lipinski definition) is 2. The van der Waals surface area contributed by atoms with E-state index in [2.05, 4.69) is 5.59 Å². The van der Waals surface area contributed by atoms with Crippen LogP contribution in [0.4, 0.5) is 18.9 Å². The number of halogens is 3. The van der Waals surface area contributed by atoms with Crippen molar-refractivity contribution in [2.75, 3.05) is 18.5 Å². The van der Waals surface area contributed by atoms with E-state index in [9.17, 15) is 23.2 Å². The van der Waals surface area contributed by atoms with Crippen molar-refractivity contribution in [3.63, 3.8) is 0 Å². The number of carbonyl (C=O) groups excluding carboxylic acids is 1. The molecule has 1 fully saturated rings. The van der Waals surface area contributed by atoms with Gasteiger partial charge in [-0.2, -0.15) is 18.2 Å². The first-order valence-electron chi connectivity index (χ1n) is 8.04. The molecule has 0 bridgehead atoms. The maximum absolute atomic E-state index is 12.6. The van der Waals surface area contributed by atoms with Crippen LogP contribution in [0.15, 0.2) is 24.3 Å². The van der Waals surface area contributed by atoms with Crippen molar-refractivity contribution >= 4 is 11.6 Å². The van der Waals surface area contributed by atoms with Crippen LogP contribution in [-0.4, -0.2) is 46.6 Å². The summed E-state index contributed by atoms with van der Waals surface area (Å²) in [6.45, 7) is 5.90. The molecule has 1 aromatic rings. The van der Waals surface area contributed by atoms with E-state index in [1.807, 2.05) is 20.8 Å². The zero-order valence-electron chi connectivity index (χ0n) is 15.0. The smallest absolute Gasteiger partial charge is 0.310 e. The number of benzene rings is 1. The summed E-state index contributed by atoms with van der Waals surface area (Å²) in [5.74, 6) is -0.399. The number of hydrazine groups is 2. The van der Waals surface area contributed by atoms with Crippen LogP contribution in [0.1, 0.15) is 32.8 Å². The Hall–Kier alpha value is -1.72. The Morgan fingerprint density at radius 2 is 1.81 bits per heavy atom. The molecule has 0 unspecified atom stereocenters. The van der Waals surface area contributed by atoms with E-state index in [1.165, 1.54) is 22.0 Å². The molecule has 1 saturated heterocycles. The van der Waals surface area contributed by atoms with Gasteiger partial charge in [0.25, 0.3) is 5.91 Å². The molecule has 146 valence electrons. The zero-order chi connectivity index (χ0) is 19.7. The Labute approximate surface area is 149 Å². The topological polar surface area (TPSA) is 68.3 Å². The molecule has 10 heteroatoms. The number of nitrogens with zero attached hydrogens (tertiary/aromatic N) is 3. The van der Waals surface area contributed by atoms with Gasteiger partial charge in [-0.3, -0.25) is 14.8 Å². The van der Waals surface area contributed by atoms with Crippen LogP contribution >= 0.6 is 0 Å². The van der Waals surface area contributed by atoms with Crippen LogP contribution in [-0.2, 0) is 15.8 Å². The number of alkyl halides is 3. The summed E-state index contributed by atoms with van der Waals surface area (Å²) in [7, 11) is 1.63. The van der Waals surface area contributed by atoms with Crippen molar-refractivity contribution in [3.05, 3.63) is 29.8 Å². The van der Waals surface area contributed by atoms with E-state index in [4.69, 9.17) is 4.84 Å². The largest absolute Gasteiger partial charge is 0.416 e. The van der Waals surface area contributed by atoms with Gasteiger partial charge in [-0.25, -0.2) is 0 Å². The van der Waals surface area contributed by atoms with Gasteiger partial charge in [0.2, 0.25) is 0 Å². The third kappa shape index (κ3) is 4.71. The SMILES string of the molecule is CN(N(O)NO[C@@H]1CCN(c2ccc(C(F)(F)F)cc2)C1=O)C(C)(C)C. The molecule has 2 N–H and O–H groups in total. The highest BCUT2D eigenvalue weighted by atomic mass is 19.4. The van der Waals surface area contributed by atoms with Gasteiger partial charge in [0.1, 0.15) is 0 Å². The third-order valence-electron chi connectivity index (χ3n) is 4.19. The van der Waals surface area contributed by atoms with Gasteiger partial charge in [0.15, 0.2) is 6.10 Å². The molecule has 0 aromatic heterocycles. The Morgan fingerprint density at radius 3 is 2.31 bits per heavy atom. The molecule has 7 nitrogen and oxygen atoms in total. The highest BCUT2D eigenvalue weighted by Gasteiger charge is 2.36. The van der Waals surface area contributed by atoms with E-state index >= 15 is 0 Å². The Balaban J connectivity index is 1.95. The first-order chi connectivity index (χ1) is 11.9. The van der Waals surface area contributed by atoms with Crippen LogP contribution in [0.2, 0.25) is 0 Å². The number of hydrogen-bond acceptors (Lipinski definition) is 6. The van der Waals surface area contributed by atoms with E-state index < -0.39 is 29.3 Å². The van der Waals surface area contributed by atoms with E-state index in [0.717, 1.165) is 12.1 Å². The van der Waals surface area contributed by atoms with Gasteiger partial charge in [-0.15, -0.1) is 0 Å². The van der Waals surface area contributed by atoms with Gasteiger partial charge in [-0.05, 0) is 50.3 Å². The van der Waals surface area contributed by atoms with Gasteiger partial charge >= 0.3 is 6.18 Å². The average molecular weight is 376 g/mol. The lowest BCUT2D eigenvalue weighted by molar-refractivity contribution is -0.360. The second kappa shape index (κ2) is 7.49. The fraction of sp³-hybridized carbons (Fsp3) is 0.562. The van der Waals surface area contributed by atoms with Crippen molar-refractivity contribution < 1.29 is 28.0 Å². The van der Waals surface area contributed by atoms with E-state index in [-0.39, 0.29) is 0 Å². The summed E-state index contributed by atoms with van der Waals surface area (Å²) >= 11 is 0. The van der Waals surface area contributed by atoms with Crippen molar-refractivity contribution in [1.82, 2.24) is 15.9 Å². The van der Waals surface area contributed by atoms with E-state index in [0.29, 0.717) is 23.9 Å². The molecule has 0 radical (unpaired) electrons. The van der Waals surface area contributed by atoms with Crippen molar-refractivity contribution in [1.29, 1.82) is 0 Å². The van der Waals surface area contributed by atoms with Gasteiger partial charge < -0.3 is 4.90 Å². The summed E-state index contributed by atoms with van der Waals surface area (Å²) in [6.07, 6.45) is -4.95. The highest BCUT2D eigenvalue weighted by molar-refractivity contribution is 5.98. The Morgan fingerprint density at radius 1 is 1.23 bits per heavy atom. The van der Waals surface area contributed by atoms with Crippen LogP contribution in [0.3, 0.4) is 0 Å². The molecule has 1 amide bonds. The van der Waals surface area contributed by atoms with Crippen molar-refractivity contribution in [3.8, 4) is 0 Å². The maximum Gasteiger partial charge on any atom is 0.416 e. The zero-order valence-corrected chi connectivity index (χ0v) is 15.0. The monoisotopic (exact) mass is 376 g/mol. The molecule has 1 heterocycles. The van der Waals surface area contributed by atoms with Gasteiger partial charge in [0, 0.05) is 31.2 Å². The molecule has 1 aromatic carbocycles. The summed E-state index contributed by atoms with van der Waals surface area (Å²) in [5.41, 5.74) is 1.48. The molecule has 0 aliphatic carbocycles. The Kier molecular flexibility index (Phi) is 5.93. The molecule has 1 aliphatic rings. The maximum atomic E-state index is 12.6. The van der Waals surface area contributed by atoms with Crippen LogP contribution < -0.4 is 10.5 Å². The summed E-state index contributed by atoms with van der Waals surface area (Å²) < 4.78 is 37.9. The number of anilines is 1. The number of amides is 1. The fourth-order valence-electron chi connectivity index (χ4n) is 2.31. The molecule has 1 atom stereocenters. The normalized spacial score (nSPS) is 19.1. The average Bonchev–Trinajstić information content (AvgIpc) is 2.91. The third-order valence-corrected chi connectivity index (χ3v) is 4.19. The second-order valence-corrected chi connectivity index (χ2v) is 7.00. The van der Waals surface area contributed by atoms with Crippen LogP contribution in [0.25, 0.3) is 0 Å². The Bertz CT molecular complexity index is 631. The first-order valence-corrected chi connectivity index (χ1v) is 8.04. The minimum atomic E-state index is -4.42. The lowest BCUT2D eigenvalue weighted by Gasteiger charge is -2.36.